The van der Waals surface area contributed by atoms with Gasteiger partial charge in [-0.2, -0.15) is 0 Å². The van der Waals surface area contributed by atoms with Crippen molar-refractivity contribution in [2.75, 3.05) is 39.3 Å². The molecule has 2 aliphatic rings. The Balaban J connectivity index is 1.67. The van der Waals surface area contributed by atoms with Gasteiger partial charge in [0, 0.05) is 44.7 Å². The molecule has 0 spiro atoms. The topological polar surface area (TPSA) is 58.8 Å². The van der Waals surface area contributed by atoms with E-state index in [2.05, 4.69) is 18.7 Å². The highest BCUT2D eigenvalue weighted by Gasteiger charge is 2.32. The highest BCUT2D eigenvalue weighted by Crippen LogP contribution is 2.26. The first-order valence-electron chi connectivity index (χ1n) is 7.94. The average Bonchev–Trinajstić information content (AvgIpc) is 2.85. The minimum Gasteiger partial charge on any atom is -0.377 e. The van der Waals surface area contributed by atoms with Crippen molar-refractivity contribution in [1.29, 1.82) is 0 Å². The van der Waals surface area contributed by atoms with Crippen molar-refractivity contribution in [2.45, 2.75) is 45.3 Å². The largest absolute Gasteiger partial charge is 0.377 e. The number of hydrogen-bond donors (Lipinski definition) is 1. The summed E-state index contributed by atoms with van der Waals surface area (Å²) in [5.74, 6) is 0.511. The second-order valence-corrected chi connectivity index (χ2v) is 6.36. The molecule has 0 radical (unpaired) electrons. The Morgan fingerprint density at radius 3 is 2.50 bits per heavy atom. The minimum absolute atomic E-state index is 0.181. The fourth-order valence-corrected chi connectivity index (χ4v) is 3.11. The van der Waals surface area contributed by atoms with E-state index in [0.717, 1.165) is 58.6 Å². The highest BCUT2D eigenvalue weighted by atomic mass is 16.5. The van der Waals surface area contributed by atoms with Crippen LogP contribution in [0.1, 0.15) is 33.1 Å². The van der Waals surface area contributed by atoms with Crippen molar-refractivity contribution in [3.63, 3.8) is 0 Å². The van der Waals surface area contributed by atoms with Gasteiger partial charge in [-0.3, -0.25) is 9.69 Å². The smallest absolute Gasteiger partial charge is 0.225 e. The lowest BCUT2D eigenvalue weighted by molar-refractivity contribution is -0.137. The first-order chi connectivity index (χ1) is 9.56. The third kappa shape index (κ3) is 4.43. The zero-order valence-corrected chi connectivity index (χ0v) is 12.9. The average molecular weight is 283 g/mol. The van der Waals surface area contributed by atoms with Crippen LogP contribution in [-0.4, -0.2) is 67.2 Å². The molecule has 5 nitrogen and oxygen atoms in total. The molecule has 1 heterocycles. The quantitative estimate of drug-likeness (QED) is 0.806. The Hall–Kier alpha value is -0.650. The number of ether oxygens (including phenoxy) is 1. The van der Waals surface area contributed by atoms with Crippen molar-refractivity contribution >= 4 is 5.91 Å². The maximum atomic E-state index is 12.4. The van der Waals surface area contributed by atoms with Crippen LogP contribution in [0.25, 0.3) is 0 Å². The number of nitrogens with zero attached hydrogens (tertiary/aromatic N) is 2. The van der Waals surface area contributed by atoms with E-state index in [1.165, 1.54) is 0 Å². The van der Waals surface area contributed by atoms with Crippen molar-refractivity contribution in [3.05, 3.63) is 0 Å². The van der Waals surface area contributed by atoms with Crippen LogP contribution in [-0.2, 0) is 9.53 Å². The summed E-state index contributed by atoms with van der Waals surface area (Å²) in [6, 6.07) is 0.235. The predicted molar refractivity (Wildman–Crippen MR) is 79.4 cm³/mol. The summed E-state index contributed by atoms with van der Waals surface area (Å²) in [6.07, 6.45) is 3.15. The first kappa shape index (κ1) is 15.7. The summed E-state index contributed by atoms with van der Waals surface area (Å²) < 4.78 is 5.58. The van der Waals surface area contributed by atoms with Gasteiger partial charge in [0.25, 0.3) is 0 Å². The summed E-state index contributed by atoms with van der Waals surface area (Å²) in [7, 11) is 0. The molecule has 116 valence electrons. The van der Waals surface area contributed by atoms with E-state index in [1.54, 1.807) is 0 Å². The molecule has 2 fully saturated rings. The maximum Gasteiger partial charge on any atom is 0.225 e. The molecule has 2 rings (SSSR count). The lowest BCUT2D eigenvalue weighted by atomic mass is 10.1. The molecule has 1 aliphatic carbocycles. The molecule has 0 aromatic heterocycles. The fourth-order valence-electron chi connectivity index (χ4n) is 3.11. The molecule has 0 aromatic rings. The van der Waals surface area contributed by atoms with E-state index < -0.39 is 0 Å². The van der Waals surface area contributed by atoms with Crippen molar-refractivity contribution in [3.8, 4) is 0 Å². The van der Waals surface area contributed by atoms with E-state index in [1.807, 2.05) is 4.90 Å². The SMILES string of the molecule is CC(C)OCCN1CCN(C(=O)C2CCC(N)C2)CC1. The molecule has 5 heteroatoms. The Bertz CT molecular complexity index is 314. The molecule has 1 amide bonds. The van der Waals surface area contributed by atoms with Crippen LogP contribution in [0, 0.1) is 5.92 Å². The fraction of sp³-hybridized carbons (Fsp3) is 0.933. The van der Waals surface area contributed by atoms with Gasteiger partial charge in [0.1, 0.15) is 0 Å². The summed E-state index contributed by atoms with van der Waals surface area (Å²) in [4.78, 5) is 16.8. The van der Waals surface area contributed by atoms with Crippen LogP contribution in [0.5, 0.6) is 0 Å². The van der Waals surface area contributed by atoms with Gasteiger partial charge in [-0.1, -0.05) is 0 Å². The number of hydrogen-bond acceptors (Lipinski definition) is 4. The van der Waals surface area contributed by atoms with E-state index in [0.29, 0.717) is 12.0 Å². The Morgan fingerprint density at radius 1 is 1.25 bits per heavy atom. The van der Waals surface area contributed by atoms with Gasteiger partial charge in [0.05, 0.1) is 12.7 Å². The summed E-state index contributed by atoms with van der Waals surface area (Å²) in [5, 5.41) is 0. The van der Waals surface area contributed by atoms with Gasteiger partial charge < -0.3 is 15.4 Å². The van der Waals surface area contributed by atoms with Crippen LogP contribution < -0.4 is 5.73 Å². The second-order valence-electron chi connectivity index (χ2n) is 6.36. The van der Waals surface area contributed by atoms with Crippen molar-refractivity contribution in [1.82, 2.24) is 9.80 Å². The molecule has 2 atom stereocenters. The van der Waals surface area contributed by atoms with E-state index in [4.69, 9.17) is 10.5 Å². The van der Waals surface area contributed by atoms with Crippen molar-refractivity contribution < 1.29 is 9.53 Å². The molecule has 20 heavy (non-hydrogen) atoms. The Morgan fingerprint density at radius 2 is 1.95 bits per heavy atom. The Kier molecular flexibility index (Phi) is 5.81. The van der Waals surface area contributed by atoms with Crippen LogP contribution in [0.4, 0.5) is 0 Å². The zero-order chi connectivity index (χ0) is 14.5. The van der Waals surface area contributed by atoms with Gasteiger partial charge in [-0.05, 0) is 33.1 Å². The summed E-state index contributed by atoms with van der Waals surface area (Å²) in [6.45, 7) is 9.50. The lowest BCUT2D eigenvalue weighted by Crippen LogP contribution is -2.50. The normalized spacial score (nSPS) is 28.3. The first-order valence-corrected chi connectivity index (χ1v) is 7.94. The standard InChI is InChI=1S/C15H29N3O2/c1-12(2)20-10-9-17-5-7-18(8-6-17)15(19)13-3-4-14(16)11-13/h12-14H,3-11,16H2,1-2H3. The summed E-state index contributed by atoms with van der Waals surface area (Å²) in [5.41, 5.74) is 5.90. The monoisotopic (exact) mass is 283 g/mol. The number of rotatable bonds is 5. The van der Waals surface area contributed by atoms with E-state index >= 15 is 0 Å². The molecule has 0 bridgehead atoms. The molecular weight excluding hydrogens is 254 g/mol. The molecule has 2 N–H and O–H groups in total. The van der Waals surface area contributed by atoms with Gasteiger partial charge in [-0.15, -0.1) is 0 Å². The van der Waals surface area contributed by atoms with Gasteiger partial charge in [0.2, 0.25) is 5.91 Å². The highest BCUT2D eigenvalue weighted by molar-refractivity contribution is 5.79. The number of carbonyl (C=O) groups excluding carboxylic acids is 1. The molecule has 1 aliphatic heterocycles. The number of carbonyl (C=O) groups is 1. The van der Waals surface area contributed by atoms with Crippen LogP contribution >= 0.6 is 0 Å². The predicted octanol–water partition coefficient (Wildman–Crippen LogP) is 0.683. The molecule has 1 saturated carbocycles. The van der Waals surface area contributed by atoms with Crippen LogP contribution in [0.15, 0.2) is 0 Å². The van der Waals surface area contributed by atoms with E-state index in [9.17, 15) is 4.79 Å². The minimum atomic E-state index is 0.181. The third-order valence-electron chi connectivity index (χ3n) is 4.37. The second kappa shape index (κ2) is 7.38. The number of piperazine rings is 1. The molecular formula is C15H29N3O2. The van der Waals surface area contributed by atoms with Gasteiger partial charge in [0.15, 0.2) is 0 Å². The van der Waals surface area contributed by atoms with Crippen LogP contribution in [0.3, 0.4) is 0 Å². The Labute approximate surface area is 122 Å². The molecule has 2 unspecified atom stereocenters. The number of amides is 1. The lowest BCUT2D eigenvalue weighted by Gasteiger charge is -2.36. The molecule has 1 saturated heterocycles. The molecule has 0 aromatic carbocycles. The third-order valence-corrected chi connectivity index (χ3v) is 4.37. The maximum absolute atomic E-state index is 12.4. The van der Waals surface area contributed by atoms with Crippen molar-refractivity contribution in [2.24, 2.45) is 11.7 Å². The van der Waals surface area contributed by atoms with Gasteiger partial charge in [-0.25, -0.2) is 0 Å². The van der Waals surface area contributed by atoms with Crippen LogP contribution in [0.2, 0.25) is 0 Å². The van der Waals surface area contributed by atoms with E-state index in [-0.39, 0.29) is 12.0 Å². The number of nitrogens with two attached hydrogens (primary N) is 1. The summed E-state index contributed by atoms with van der Waals surface area (Å²) >= 11 is 0. The zero-order valence-electron chi connectivity index (χ0n) is 12.9. The van der Waals surface area contributed by atoms with Gasteiger partial charge >= 0.3 is 0 Å².